The Balaban J connectivity index is 1.40. The van der Waals surface area contributed by atoms with Crippen molar-refractivity contribution >= 4 is 17.0 Å². The molecule has 2 heterocycles. The first-order valence-electron chi connectivity index (χ1n) is 13.3. The van der Waals surface area contributed by atoms with Crippen LogP contribution in [0.25, 0.3) is 22.3 Å². The van der Waals surface area contributed by atoms with Gasteiger partial charge in [0.25, 0.3) is 0 Å². The lowest BCUT2D eigenvalue weighted by Crippen LogP contribution is -2.19. The second-order valence-corrected chi connectivity index (χ2v) is 10.7. The predicted molar refractivity (Wildman–Crippen MR) is 154 cm³/mol. The highest BCUT2D eigenvalue weighted by Crippen LogP contribution is 2.28. The molecule has 0 radical (unpaired) electrons. The van der Waals surface area contributed by atoms with Crippen molar-refractivity contribution in [3.8, 4) is 29.3 Å². The number of nitriles is 2. The molecule has 5 aromatic rings. The van der Waals surface area contributed by atoms with Crippen LogP contribution in [0.15, 0.2) is 72.8 Å². The molecule has 3 aromatic carbocycles. The van der Waals surface area contributed by atoms with Crippen molar-refractivity contribution in [2.75, 3.05) is 0 Å². The van der Waals surface area contributed by atoms with E-state index in [0.717, 1.165) is 6.07 Å². The highest BCUT2D eigenvalue weighted by molar-refractivity contribution is 5.92. The van der Waals surface area contributed by atoms with Gasteiger partial charge in [0.15, 0.2) is 0 Å². The summed E-state index contributed by atoms with van der Waals surface area (Å²) in [5, 5.41) is 28.0. The Morgan fingerprint density at radius 2 is 1.74 bits per heavy atom. The number of benzene rings is 3. The van der Waals surface area contributed by atoms with Gasteiger partial charge < -0.3 is 14.4 Å². The maximum atomic E-state index is 15.5. The number of halogens is 2. The Morgan fingerprint density at radius 1 is 0.977 bits per heavy atom. The number of carboxylic acids is 1. The first-order valence-corrected chi connectivity index (χ1v) is 13.3. The number of pyridine rings is 1. The van der Waals surface area contributed by atoms with Crippen LogP contribution in [0.1, 0.15) is 46.7 Å². The van der Waals surface area contributed by atoms with Crippen LogP contribution in [0.5, 0.6) is 5.88 Å². The Morgan fingerprint density at radius 3 is 2.44 bits per heavy atom. The van der Waals surface area contributed by atoms with E-state index >= 15 is 4.39 Å². The summed E-state index contributed by atoms with van der Waals surface area (Å²) in [5.74, 6) is -1.41. The van der Waals surface area contributed by atoms with Crippen molar-refractivity contribution in [1.82, 2.24) is 14.5 Å². The Bertz CT molecular complexity index is 1950. The third-order valence-electron chi connectivity index (χ3n) is 6.91. The summed E-state index contributed by atoms with van der Waals surface area (Å²) in [6, 6.07) is 22.6. The number of hydrogen-bond donors (Lipinski definition) is 1. The van der Waals surface area contributed by atoms with Crippen molar-refractivity contribution in [3.05, 3.63) is 113 Å². The number of nitrogens with zero attached hydrogens (tertiary/aromatic N) is 5. The van der Waals surface area contributed by atoms with E-state index in [2.05, 4.69) is 16.0 Å². The van der Waals surface area contributed by atoms with Gasteiger partial charge in [0.2, 0.25) is 5.88 Å². The van der Waals surface area contributed by atoms with Crippen LogP contribution in [0.3, 0.4) is 0 Å². The van der Waals surface area contributed by atoms with Crippen molar-refractivity contribution in [2.45, 2.75) is 33.4 Å². The number of hydrogen-bond acceptors (Lipinski definition) is 6. The smallest absolute Gasteiger partial charge is 0.335 e. The normalized spacial score (nSPS) is 11.2. The average Bonchev–Trinajstić information content (AvgIpc) is 3.32. The summed E-state index contributed by atoms with van der Waals surface area (Å²) in [4.78, 5) is 20.7. The Kier molecular flexibility index (Phi) is 7.87. The third-order valence-corrected chi connectivity index (χ3v) is 6.91. The molecule has 0 spiro atoms. The number of fused-ring (bicyclic) bond motifs is 1. The molecule has 43 heavy (non-hydrogen) atoms. The van der Waals surface area contributed by atoms with Gasteiger partial charge >= 0.3 is 5.97 Å². The molecular weight excluding hydrogens is 552 g/mol. The molecule has 1 N–H and O–H groups in total. The van der Waals surface area contributed by atoms with Crippen LogP contribution in [-0.2, 0) is 19.6 Å². The van der Waals surface area contributed by atoms with Crippen LogP contribution in [0, 0.1) is 39.7 Å². The van der Waals surface area contributed by atoms with E-state index < -0.39 is 23.0 Å². The summed E-state index contributed by atoms with van der Waals surface area (Å²) in [6.07, 6.45) is 0.109. The molecule has 0 saturated carbocycles. The molecule has 0 atom stereocenters. The first kappa shape index (κ1) is 28.9. The second-order valence-electron chi connectivity index (χ2n) is 10.7. The van der Waals surface area contributed by atoms with Gasteiger partial charge in [0, 0.05) is 30.2 Å². The van der Waals surface area contributed by atoms with Gasteiger partial charge in [-0.2, -0.15) is 10.5 Å². The average molecular weight is 578 g/mol. The molecule has 0 aliphatic carbocycles. The quantitative estimate of drug-likeness (QED) is 0.208. The molecule has 0 aliphatic heterocycles. The Hall–Kier alpha value is -5.61. The SMILES string of the molecule is CC(C)(C#N)Cn1c(Cc2ccc(-c3cccc(OCc4ccc(C#N)cc4F)n3)cc2F)nc2ccc(C(=O)O)cc21. The van der Waals surface area contributed by atoms with Gasteiger partial charge in [-0.3, -0.25) is 0 Å². The second kappa shape index (κ2) is 11.7. The van der Waals surface area contributed by atoms with Gasteiger partial charge in [0.1, 0.15) is 24.1 Å². The van der Waals surface area contributed by atoms with Crippen molar-refractivity contribution in [2.24, 2.45) is 5.41 Å². The predicted octanol–water partition coefficient (Wildman–Crippen LogP) is 6.67. The van der Waals surface area contributed by atoms with Gasteiger partial charge in [-0.25, -0.2) is 23.5 Å². The Labute approximate surface area is 246 Å². The number of carbonyl (C=O) groups is 1. The van der Waals surface area contributed by atoms with Crippen LogP contribution < -0.4 is 4.74 Å². The largest absolute Gasteiger partial charge is 0.478 e. The number of imidazole rings is 1. The minimum absolute atomic E-state index is 0.0891. The molecule has 0 fully saturated rings. The molecule has 0 bridgehead atoms. The van der Waals surface area contributed by atoms with Gasteiger partial charge in [-0.15, -0.1) is 0 Å². The standard InChI is InChI=1S/C33H25F2N5O3/c1-33(2,18-37)19-40-29-14-23(32(41)42)10-11-28(29)38-30(40)15-21-8-9-22(13-26(21)35)27-4-3-5-31(39-27)43-17-24-7-6-20(16-36)12-25(24)34/h3-14H,15,17,19H2,1-2H3,(H,41,42). The first-order chi connectivity index (χ1) is 20.6. The molecule has 2 aromatic heterocycles. The number of ether oxygens (including phenoxy) is 1. The third kappa shape index (κ3) is 6.34. The molecule has 0 saturated heterocycles. The summed E-state index contributed by atoms with van der Waals surface area (Å²) < 4.78 is 37.1. The van der Waals surface area contributed by atoms with E-state index in [-0.39, 0.29) is 42.1 Å². The highest BCUT2D eigenvalue weighted by Gasteiger charge is 2.23. The molecule has 8 nitrogen and oxygen atoms in total. The van der Waals surface area contributed by atoms with E-state index in [1.807, 2.05) is 6.07 Å². The van der Waals surface area contributed by atoms with Gasteiger partial charge in [-0.05, 0) is 61.9 Å². The number of carboxylic acid groups (broad SMARTS) is 1. The van der Waals surface area contributed by atoms with E-state index in [1.165, 1.54) is 30.3 Å². The molecule has 0 aliphatic rings. The molecule has 0 amide bonds. The summed E-state index contributed by atoms with van der Waals surface area (Å²) in [5.41, 5.74) is 2.20. The maximum absolute atomic E-state index is 15.5. The van der Waals surface area contributed by atoms with Crippen molar-refractivity contribution < 1.29 is 23.4 Å². The van der Waals surface area contributed by atoms with Crippen molar-refractivity contribution in [1.29, 1.82) is 10.5 Å². The summed E-state index contributed by atoms with van der Waals surface area (Å²) in [7, 11) is 0. The van der Waals surface area contributed by atoms with Crippen LogP contribution in [0.4, 0.5) is 8.78 Å². The zero-order valence-corrected chi connectivity index (χ0v) is 23.3. The summed E-state index contributed by atoms with van der Waals surface area (Å²) in [6.45, 7) is 3.68. The molecule has 214 valence electrons. The van der Waals surface area contributed by atoms with E-state index in [4.69, 9.17) is 10.00 Å². The maximum Gasteiger partial charge on any atom is 0.335 e. The lowest BCUT2D eigenvalue weighted by molar-refractivity contribution is 0.0697. The minimum atomic E-state index is -1.08. The summed E-state index contributed by atoms with van der Waals surface area (Å²) >= 11 is 0. The topological polar surface area (TPSA) is 125 Å². The fourth-order valence-electron chi connectivity index (χ4n) is 4.61. The lowest BCUT2D eigenvalue weighted by atomic mass is 9.95. The lowest BCUT2D eigenvalue weighted by Gasteiger charge is -2.19. The van der Waals surface area contributed by atoms with Crippen LogP contribution in [-0.4, -0.2) is 25.6 Å². The van der Waals surface area contributed by atoms with E-state index in [0.29, 0.717) is 33.7 Å². The fraction of sp³-hybridized carbons (Fsp3) is 0.182. The van der Waals surface area contributed by atoms with Crippen molar-refractivity contribution in [3.63, 3.8) is 0 Å². The molecule has 10 heteroatoms. The van der Waals surface area contributed by atoms with Crippen LogP contribution >= 0.6 is 0 Å². The van der Waals surface area contributed by atoms with E-state index in [1.54, 1.807) is 54.8 Å². The zero-order chi connectivity index (χ0) is 30.7. The minimum Gasteiger partial charge on any atom is -0.478 e. The van der Waals surface area contributed by atoms with E-state index in [9.17, 15) is 19.6 Å². The monoisotopic (exact) mass is 577 g/mol. The number of rotatable bonds is 9. The number of aromatic carboxylic acids is 1. The van der Waals surface area contributed by atoms with Gasteiger partial charge in [-0.1, -0.05) is 24.3 Å². The van der Waals surface area contributed by atoms with Crippen LogP contribution in [0.2, 0.25) is 0 Å². The number of aromatic nitrogens is 3. The molecule has 5 rings (SSSR count). The molecule has 0 unspecified atom stereocenters. The molecular formula is C33H25F2N5O3. The zero-order valence-electron chi connectivity index (χ0n) is 23.3. The van der Waals surface area contributed by atoms with Gasteiger partial charge in [0.05, 0.1) is 45.4 Å². The fourth-order valence-corrected chi connectivity index (χ4v) is 4.61. The highest BCUT2D eigenvalue weighted by atomic mass is 19.1.